The molecular formula is C28H24ClN3O3. The minimum Gasteiger partial charge on any atom is -0.478 e. The molecule has 5 rings (SSSR count). The van der Waals surface area contributed by atoms with E-state index in [1.54, 1.807) is 48.5 Å². The Morgan fingerprint density at radius 3 is 2.57 bits per heavy atom. The molecule has 0 saturated carbocycles. The van der Waals surface area contributed by atoms with Gasteiger partial charge in [-0.3, -0.25) is 4.79 Å². The highest BCUT2D eigenvalue weighted by Crippen LogP contribution is 2.33. The van der Waals surface area contributed by atoms with Gasteiger partial charge < -0.3 is 15.3 Å². The summed E-state index contributed by atoms with van der Waals surface area (Å²) in [4.78, 5) is 31.7. The van der Waals surface area contributed by atoms with Crippen LogP contribution in [0.5, 0.6) is 0 Å². The Hall–Kier alpha value is -3.90. The average molecular weight is 486 g/mol. The van der Waals surface area contributed by atoms with Gasteiger partial charge in [0, 0.05) is 40.7 Å². The topological polar surface area (TPSA) is 82.5 Å². The summed E-state index contributed by atoms with van der Waals surface area (Å²) in [6, 6.07) is 21.7. The molecule has 1 saturated heterocycles. The van der Waals surface area contributed by atoms with Gasteiger partial charge in [0.05, 0.1) is 11.1 Å². The van der Waals surface area contributed by atoms with Crippen molar-refractivity contribution in [3.05, 3.63) is 100 Å². The number of hydrogen-bond acceptors (Lipinski definition) is 4. The molecular weight excluding hydrogens is 462 g/mol. The minimum atomic E-state index is -1.03. The number of aryl methyl sites for hydroxylation is 1. The first-order valence-electron chi connectivity index (χ1n) is 11.4. The van der Waals surface area contributed by atoms with E-state index >= 15 is 0 Å². The van der Waals surface area contributed by atoms with Crippen molar-refractivity contribution in [2.24, 2.45) is 0 Å². The van der Waals surface area contributed by atoms with E-state index < -0.39 is 5.97 Å². The zero-order chi connectivity index (χ0) is 24.5. The number of anilines is 2. The lowest BCUT2D eigenvalue weighted by molar-refractivity contribution is 0.0698. The number of carbonyl (C=O) groups excluding carboxylic acids is 1. The van der Waals surface area contributed by atoms with Crippen LogP contribution in [-0.2, 0) is 0 Å². The number of carbonyl (C=O) groups is 2. The Kier molecular flexibility index (Phi) is 6.14. The maximum Gasteiger partial charge on any atom is 0.336 e. The van der Waals surface area contributed by atoms with E-state index in [9.17, 15) is 14.7 Å². The molecule has 2 heterocycles. The lowest BCUT2D eigenvalue weighted by Crippen LogP contribution is -2.21. The molecule has 7 heteroatoms. The predicted octanol–water partition coefficient (Wildman–Crippen LogP) is 6.14. The molecule has 1 atom stereocenters. The molecule has 0 spiro atoms. The van der Waals surface area contributed by atoms with Gasteiger partial charge >= 0.3 is 5.97 Å². The molecule has 0 radical (unpaired) electrons. The molecule has 4 aromatic rings. The van der Waals surface area contributed by atoms with Crippen LogP contribution in [0, 0.1) is 6.92 Å². The fourth-order valence-electron chi connectivity index (χ4n) is 4.70. The zero-order valence-electron chi connectivity index (χ0n) is 19.2. The standard InChI is InChI=1S/C28H24ClN3O3/c1-17-4-2-3-5-22(17)19-12-13-32(16-19)26-15-24(28(34)35)23-14-21(10-11-25(23)31-26)30-27(33)18-6-8-20(29)9-7-18/h2-11,14-15,19H,12-13,16H2,1H3,(H,30,33)(H,34,35). The second kappa shape index (κ2) is 9.39. The lowest BCUT2D eigenvalue weighted by Gasteiger charge is -2.20. The molecule has 0 aliphatic carbocycles. The molecule has 2 N–H and O–H groups in total. The second-order valence-corrected chi connectivity index (χ2v) is 9.25. The van der Waals surface area contributed by atoms with Crippen LogP contribution in [-0.4, -0.2) is 35.1 Å². The Morgan fingerprint density at radius 2 is 1.83 bits per heavy atom. The van der Waals surface area contributed by atoms with E-state index in [-0.39, 0.29) is 11.5 Å². The first kappa shape index (κ1) is 22.9. The van der Waals surface area contributed by atoms with Crippen LogP contribution < -0.4 is 10.2 Å². The molecule has 1 aromatic heterocycles. The van der Waals surface area contributed by atoms with E-state index in [1.165, 1.54) is 11.1 Å². The molecule has 3 aromatic carbocycles. The quantitative estimate of drug-likeness (QED) is 0.354. The summed E-state index contributed by atoms with van der Waals surface area (Å²) in [7, 11) is 0. The van der Waals surface area contributed by atoms with Crippen LogP contribution in [0.25, 0.3) is 10.9 Å². The lowest BCUT2D eigenvalue weighted by atomic mass is 9.94. The first-order chi connectivity index (χ1) is 16.9. The van der Waals surface area contributed by atoms with Gasteiger partial charge in [-0.05, 0) is 73.0 Å². The third kappa shape index (κ3) is 4.70. The SMILES string of the molecule is Cc1ccccc1C1CCN(c2cc(C(=O)O)c3cc(NC(=O)c4ccc(Cl)cc4)ccc3n2)C1. The van der Waals surface area contributed by atoms with Crippen molar-refractivity contribution < 1.29 is 14.7 Å². The first-order valence-corrected chi connectivity index (χ1v) is 11.8. The number of nitrogens with zero attached hydrogens (tertiary/aromatic N) is 2. The van der Waals surface area contributed by atoms with Crippen molar-refractivity contribution in [3.8, 4) is 0 Å². The molecule has 1 unspecified atom stereocenters. The van der Waals surface area contributed by atoms with Gasteiger partial charge in [-0.1, -0.05) is 35.9 Å². The van der Waals surface area contributed by atoms with Crippen molar-refractivity contribution in [2.75, 3.05) is 23.3 Å². The second-order valence-electron chi connectivity index (χ2n) is 8.81. The summed E-state index contributed by atoms with van der Waals surface area (Å²) in [5.74, 6) is -0.298. The Balaban J connectivity index is 1.43. The van der Waals surface area contributed by atoms with Crippen LogP contribution in [0.4, 0.5) is 11.5 Å². The Morgan fingerprint density at radius 1 is 1.06 bits per heavy atom. The summed E-state index contributed by atoms with van der Waals surface area (Å²) in [6.07, 6.45) is 0.989. The summed E-state index contributed by atoms with van der Waals surface area (Å²) in [6.45, 7) is 3.72. The molecule has 176 valence electrons. The van der Waals surface area contributed by atoms with Crippen LogP contribution in [0.1, 0.15) is 44.2 Å². The third-order valence-electron chi connectivity index (χ3n) is 6.53. The highest BCUT2D eigenvalue weighted by Gasteiger charge is 2.27. The number of amides is 1. The van der Waals surface area contributed by atoms with E-state index in [4.69, 9.17) is 16.6 Å². The maximum atomic E-state index is 12.6. The summed E-state index contributed by atoms with van der Waals surface area (Å²) < 4.78 is 0. The number of fused-ring (bicyclic) bond motifs is 1. The van der Waals surface area contributed by atoms with Crippen LogP contribution >= 0.6 is 11.6 Å². The Labute approximate surface area is 208 Å². The molecule has 6 nitrogen and oxygen atoms in total. The van der Waals surface area contributed by atoms with Crippen molar-refractivity contribution >= 4 is 45.9 Å². The number of benzene rings is 3. The number of rotatable bonds is 5. The number of halogens is 1. The smallest absolute Gasteiger partial charge is 0.336 e. The monoisotopic (exact) mass is 485 g/mol. The largest absolute Gasteiger partial charge is 0.478 e. The number of hydrogen-bond donors (Lipinski definition) is 2. The zero-order valence-corrected chi connectivity index (χ0v) is 19.9. The van der Waals surface area contributed by atoms with Gasteiger partial charge in [-0.25, -0.2) is 9.78 Å². The molecule has 35 heavy (non-hydrogen) atoms. The number of aromatic nitrogens is 1. The third-order valence-corrected chi connectivity index (χ3v) is 6.78. The maximum absolute atomic E-state index is 12.6. The normalized spacial score (nSPS) is 15.4. The van der Waals surface area contributed by atoms with E-state index in [0.29, 0.717) is 38.9 Å². The van der Waals surface area contributed by atoms with Gasteiger partial charge in [0.1, 0.15) is 5.82 Å². The predicted molar refractivity (Wildman–Crippen MR) is 139 cm³/mol. The van der Waals surface area contributed by atoms with Gasteiger partial charge in [0.25, 0.3) is 5.91 Å². The summed E-state index contributed by atoms with van der Waals surface area (Å²) >= 11 is 5.90. The van der Waals surface area contributed by atoms with Gasteiger partial charge in [-0.2, -0.15) is 0 Å². The molecule has 1 fully saturated rings. The highest BCUT2D eigenvalue weighted by atomic mass is 35.5. The van der Waals surface area contributed by atoms with E-state index in [0.717, 1.165) is 19.5 Å². The molecule has 0 bridgehead atoms. The van der Waals surface area contributed by atoms with Crippen LogP contribution in [0.3, 0.4) is 0 Å². The van der Waals surface area contributed by atoms with Crippen molar-refractivity contribution in [1.29, 1.82) is 0 Å². The number of carboxylic acid groups (broad SMARTS) is 1. The fraction of sp³-hybridized carbons (Fsp3) is 0.179. The van der Waals surface area contributed by atoms with Gasteiger partial charge in [-0.15, -0.1) is 0 Å². The fourth-order valence-corrected chi connectivity index (χ4v) is 4.83. The van der Waals surface area contributed by atoms with E-state index in [1.807, 2.05) is 6.07 Å². The van der Waals surface area contributed by atoms with E-state index in [2.05, 4.69) is 35.3 Å². The summed E-state index contributed by atoms with van der Waals surface area (Å²) in [5.41, 5.74) is 4.28. The number of pyridine rings is 1. The van der Waals surface area contributed by atoms with Crippen LogP contribution in [0.2, 0.25) is 5.02 Å². The van der Waals surface area contributed by atoms with Gasteiger partial charge in [0.2, 0.25) is 0 Å². The number of aromatic carboxylic acids is 1. The van der Waals surface area contributed by atoms with Crippen molar-refractivity contribution in [3.63, 3.8) is 0 Å². The number of nitrogens with one attached hydrogen (secondary N) is 1. The Bertz CT molecular complexity index is 1440. The van der Waals surface area contributed by atoms with Crippen LogP contribution in [0.15, 0.2) is 72.8 Å². The highest BCUT2D eigenvalue weighted by molar-refractivity contribution is 6.30. The number of carboxylic acids is 1. The minimum absolute atomic E-state index is 0.159. The van der Waals surface area contributed by atoms with Gasteiger partial charge in [0.15, 0.2) is 0 Å². The summed E-state index contributed by atoms with van der Waals surface area (Å²) in [5, 5.41) is 13.8. The molecule has 1 amide bonds. The van der Waals surface area contributed by atoms with Crippen molar-refractivity contribution in [2.45, 2.75) is 19.3 Å². The van der Waals surface area contributed by atoms with Crippen molar-refractivity contribution in [1.82, 2.24) is 4.98 Å². The average Bonchev–Trinajstić information content (AvgIpc) is 3.34. The molecule has 1 aliphatic rings. The molecule has 1 aliphatic heterocycles.